The van der Waals surface area contributed by atoms with Crippen molar-refractivity contribution < 1.29 is 19.3 Å². The van der Waals surface area contributed by atoms with E-state index in [2.05, 4.69) is 16.2 Å². The average Bonchev–Trinajstić information content (AvgIpc) is 3.43. The molecule has 9 nitrogen and oxygen atoms in total. The molecule has 3 amide bonds. The maximum absolute atomic E-state index is 12.8. The van der Waals surface area contributed by atoms with E-state index in [0.717, 1.165) is 27.0 Å². The number of halogens is 2. The first-order valence-electron chi connectivity index (χ1n) is 11.2. The lowest BCUT2D eigenvalue weighted by molar-refractivity contribution is -0.384. The number of anilines is 1. The summed E-state index contributed by atoms with van der Waals surface area (Å²) in [6.07, 6.45) is 0. The van der Waals surface area contributed by atoms with Crippen molar-refractivity contribution in [2.24, 2.45) is 0 Å². The zero-order valence-electron chi connectivity index (χ0n) is 19.8. The molecular formula is C26H16Cl2N4O5S2. The normalized spacial score (nSPS) is 10.9. The number of rotatable bonds is 5. The molecule has 0 bridgehead atoms. The Morgan fingerprint density at radius 2 is 1.33 bits per heavy atom. The predicted molar refractivity (Wildman–Crippen MR) is 154 cm³/mol. The number of fused-ring (bicyclic) bond motifs is 2. The van der Waals surface area contributed by atoms with E-state index >= 15 is 0 Å². The third-order valence-electron chi connectivity index (χ3n) is 5.72. The van der Waals surface area contributed by atoms with E-state index < -0.39 is 22.6 Å². The van der Waals surface area contributed by atoms with Crippen molar-refractivity contribution in [1.29, 1.82) is 0 Å². The van der Waals surface area contributed by atoms with E-state index in [4.69, 9.17) is 23.2 Å². The smallest absolute Gasteiger partial charge is 0.281 e. The van der Waals surface area contributed by atoms with Crippen molar-refractivity contribution in [3.63, 3.8) is 0 Å². The Labute approximate surface area is 238 Å². The topological polar surface area (TPSA) is 130 Å². The van der Waals surface area contributed by atoms with Crippen molar-refractivity contribution >= 4 is 95.1 Å². The summed E-state index contributed by atoms with van der Waals surface area (Å²) < 4.78 is 1.38. The molecule has 0 unspecified atom stereocenters. The molecule has 5 aromatic rings. The zero-order valence-corrected chi connectivity index (χ0v) is 23.0. The Morgan fingerprint density at radius 3 is 1.97 bits per heavy atom. The summed E-state index contributed by atoms with van der Waals surface area (Å²) in [6, 6.07) is 15.9. The summed E-state index contributed by atoms with van der Waals surface area (Å²) >= 11 is 15.0. The Morgan fingerprint density at radius 1 is 0.769 bits per heavy atom. The van der Waals surface area contributed by atoms with Gasteiger partial charge in [0.05, 0.1) is 15.0 Å². The van der Waals surface area contributed by atoms with Crippen LogP contribution in [0.3, 0.4) is 0 Å². The van der Waals surface area contributed by atoms with Gasteiger partial charge in [0, 0.05) is 43.6 Å². The van der Waals surface area contributed by atoms with E-state index in [1.807, 2.05) is 25.1 Å². The molecule has 0 aliphatic heterocycles. The Kier molecular flexibility index (Phi) is 7.23. The maximum atomic E-state index is 12.8. The second-order valence-electron chi connectivity index (χ2n) is 8.37. The fraction of sp³-hybridized carbons (Fsp3) is 0.0385. The molecule has 0 aliphatic carbocycles. The molecule has 0 aliphatic rings. The van der Waals surface area contributed by atoms with Crippen LogP contribution in [0.4, 0.5) is 11.4 Å². The number of nitro benzene ring substituents is 1. The Balaban J connectivity index is 1.23. The second kappa shape index (κ2) is 10.6. The highest BCUT2D eigenvalue weighted by Crippen LogP contribution is 2.38. The predicted octanol–water partition coefficient (Wildman–Crippen LogP) is 6.97. The molecule has 39 heavy (non-hydrogen) atoms. The van der Waals surface area contributed by atoms with Crippen LogP contribution in [-0.4, -0.2) is 22.6 Å². The van der Waals surface area contributed by atoms with Crippen LogP contribution in [-0.2, 0) is 0 Å². The maximum Gasteiger partial charge on any atom is 0.281 e. The van der Waals surface area contributed by atoms with Gasteiger partial charge >= 0.3 is 0 Å². The van der Waals surface area contributed by atoms with E-state index in [-0.39, 0.29) is 26.0 Å². The van der Waals surface area contributed by atoms with Crippen molar-refractivity contribution in [1.82, 2.24) is 10.9 Å². The third-order valence-corrected chi connectivity index (χ3v) is 9.03. The molecule has 0 radical (unpaired) electrons. The number of carbonyl (C=O) groups is 3. The molecule has 0 spiro atoms. The number of hydrazine groups is 1. The number of thiophene rings is 2. The number of nitro groups is 1. The van der Waals surface area contributed by atoms with Gasteiger partial charge in [0.15, 0.2) is 0 Å². The van der Waals surface area contributed by atoms with Crippen molar-refractivity contribution in [3.05, 3.63) is 102 Å². The van der Waals surface area contributed by atoms with E-state index in [1.165, 1.54) is 53.8 Å². The van der Waals surface area contributed by atoms with Crippen LogP contribution in [0.1, 0.15) is 35.3 Å². The number of benzene rings is 3. The first-order chi connectivity index (χ1) is 18.6. The minimum absolute atomic E-state index is 0.0978. The number of carbonyl (C=O) groups excluding carboxylic acids is 3. The number of nitrogens with one attached hydrogen (secondary N) is 3. The number of hydrogen-bond acceptors (Lipinski definition) is 7. The minimum atomic E-state index is -0.566. The number of non-ortho nitro benzene ring substituents is 1. The van der Waals surface area contributed by atoms with Crippen LogP contribution in [0.5, 0.6) is 0 Å². The highest BCUT2D eigenvalue weighted by Gasteiger charge is 2.20. The van der Waals surface area contributed by atoms with E-state index in [9.17, 15) is 24.5 Å². The summed E-state index contributed by atoms with van der Waals surface area (Å²) in [5, 5.41) is 15.5. The first kappa shape index (κ1) is 26.6. The van der Waals surface area contributed by atoms with Crippen LogP contribution in [0, 0.1) is 17.0 Å². The largest absolute Gasteiger partial charge is 0.321 e. The van der Waals surface area contributed by atoms with Crippen LogP contribution >= 0.6 is 45.9 Å². The summed E-state index contributed by atoms with van der Waals surface area (Å²) in [4.78, 5) is 49.0. The monoisotopic (exact) mass is 598 g/mol. The first-order valence-corrected chi connectivity index (χ1v) is 13.6. The summed E-state index contributed by atoms with van der Waals surface area (Å²) in [7, 11) is 0. The Bertz CT molecular complexity index is 1820. The molecule has 3 aromatic carbocycles. The van der Waals surface area contributed by atoms with Gasteiger partial charge in [0.1, 0.15) is 9.75 Å². The molecule has 0 fully saturated rings. The highest BCUT2D eigenvalue weighted by molar-refractivity contribution is 7.22. The summed E-state index contributed by atoms with van der Waals surface area (Å²) in [5.74, 6) is -1.60. The van der Waals surface area contributed by atoms with Crippen LogP contribution in [0.25, 0.3) is 20.2 Å². The average molecular weight is 599 g/mol. The third kappa shape index (κ3) is 5.30. The van der Waals surface area contributed by atoms with Crippen molar-refractivity contribution in [2.75, 3.05) is 5.32 Å². The molecule has 0 atom stereocenters. The molecule has 5 rings (SSSR count). The van der Waals surface area contributed by atoms with Gasteiger partial charge in [-0.2, -0.15) is 0 Å². The number of nitrogens with zero attached hydrogens (tertiary/aromatic N) is 1. The molecule has 196 valence electrons. The van der Waals surface area contributed by atoms with E-state index in [1.54, 1.807) is 0 Å². The molecule has 13 heteroatoms. The lowest BCUT2D eigenvalue weighted by Gasteiger charge is -2.08. The fourth-order valence-electron chi connectivity index (χ4n) is 3.77. The zero-order chi connectivity index (χ0) is 27.8. The lowest BCUT2D eigenvalue weighted by Crippen LogP contribution is -2.41. The fourth-order valence-corrected chi connectivity index (χ4v) is 6.72. The summed E-state index contributed by atoms with van der Waals surface area (Å²) in [5.41, 5.74) is 6.31. The van der Waals surface area contributed by atoms with Crippen LogP contribution in [0.2, 0.25) is 10.0 Å². The molecule has 2 aromatic heterocycles. The molecule has 0 saturated carbocycles. The lowest BCUT2D eigenvalue weighted by atomic mass is 10.2. The number of hydrogen-bond donors (Lipinski definition) is 3. The molecule has 3 N–H and O–H groups in total. The van der Waals surface area contributed by atoms with Gasteiger partial charge in [-0.05, 0) is 48.9 Å². The van der Waals surface area contributed by atoms with Gasteiger partial charge in [0.25, 0.3) is 23.4 Å². The van der Waals surface area contributed by atoms with E-state index in [0.29, 0.717) is 20.8 Å². The molecule has 0 saturated heterocycles. The standard InChI is InChI=1S/C26H16Cl2N4O5S2/c1-12-2-8-16-18(10-12)38-23(21(16)28)26(35)31-30-24(33)13-3-5-14(6-4-13)29-25(34)22-20(27)17-9-7-15(32(36)37)11-19(17)39-22/h2-11H,1H3,(H,29,34)(H,30,33)(H,31,35). The second-order valence-corrected chi connectivity index (χ2v) is 11.2. The van der Waals surface area contributed by atoms with Gasteiger partial charge in [0.2, 0.25) is 0 Å². The van der Waals surface area contributed by atoms with Crippen LogP contribution < -0.4 is 16.2 Å². The van der Waals surface area contributed by atoms with Gasteiger partial charge < -0.3 is 5.32 Å². The van der Waals surface area contributed by atoms with Crippen molar-refractivity contribution in [3.8, 4) is 0 Å². The quantitative estimate of drug-likeness (QED) is 0.148. The summed E-state index contributed by atoms with van der Waals surface area (Å²) in [6.45, 7) is 1.94. The van der Waals surface area contributed by atoms with Gasteiger partial charge in [-0.25, -0.2) is 0 Å². The van der Waals surface area contributed by atoms with Crippen LogP contribution in [0.15, 0.2) is 60.7 Å². The highest BCUT2D eigenvalue weighted by atomic mass is 35.5. The van der Waals surface area contributed by atoms with Gasteiger partial charge in [-0.15, -0.1) is 22.7 Å². The number of aryl methyl sites for hydroxylation is 1. The SMILES string of the molecule is Cc1ccc2c(Cl)c(C(=O)NNC(=O)c3ccc(NC(=O)c4sc5cc([N+](=O)[O-])ccc5c4Cl)cc3)sc2c1. The molecular weight excluding hydrogens is 583 g/mol. The number of amides is 3. The van der Waals surface area contributed by atoms with Gasteiger partial charge in [-0.3, -0.25) is 35.3 Å². The van der Waals surface area contributed by atoms with Crippen molar-refractivity contribution in [2.45, 2.75) is 6.92 Å². The Hall–Kier alpha value is -4.03. The van der Waals surface area contributed by atoms with Gasteiger partial charge in [-0.1, -0.05) is 35.3 Å². The minimum Gasteiger partial charge on any atom is -0.321 e. The molecule has 2 heterocycles.